The predicted octanol–water partition coefficient (Wildman–Crippen LogP) is 1.89. The van der Waals surface area contributed by atoms with E-state index in [0.717, 1.165) is 25.7 Å². The molecule has 1 aliphatic carbocycles. The SMILES string of the molecule is O=C(NCc1ccccc1F)C(=O)NC1CCCCC1. The molecule has 5 heteroatoms. The third kappa shape index (κ3) is 4.05. The zero-order chi connectivity index (χ0) is 14.4. The van der Waals surface area contributed by atoms with Gasteiger partial charge in [0.1, 0.15) is 5.82 Å². The van der Waals surface area contributed by atoms with Crippen LogP contribution in [0.2, 0.25) is 0 Å². The Morgan fingerprint density at radius 1 is 1.10 bits per heavy atom. The third-order valence-corrected chi connectivity index (χ3v) is 3.54. The molecular formula is C15H19FN2O2. The van der Waals surface area contributed by atoms with Gasteiger partial charge >= 0.3 is 11.8 Å². The van der Waals surface area contributed by atoms with Crippen molar-refractivity contribution in [3.05, 3.63) is 35.6 Å². The lowest BCUT2D eigenvalue weighted by molar-refractivity contribution is -0.139. The van der Waals surface area contributed by atoms with Crippen LogP contribution in [0.5, 0.6) is 0 Å². The highest BCUT2D eigenvalue weighted by molar-refractivity contribution is 6.35. The number of hydrogen-bond donors (Lipinski definition) is 2. The maximum atomic E-state index is 13.4. The van der Waals surface area contributed by atoms with Crippen LogP contribution in [0, 0.1) is 5.82 Å². The molecule has 0 aliphatic heterocycles. The summed E-state index contributed by atoms with van der Waals surface area (Å²) >= 11 is 0. The van der Waals surface area contributed by atoms with Gasteiger partial charge in [-0.05, 0) is 18.9 Å². The van der Waals surface area contributed by atoms with Crippen molar-refractivity contribution in [3.8, 4) is 0 Å². The second kappa shape index (κ2) is 7.03. The number of rotatable bonds is 3. The molecule has 1 aromatic carbocycles. The monoisotopic (exact) mass is 278 g/mol. The number of hydrogen-bond acceptors (Lipinski definition) is 2. The van der Waals surface area contributed by atoms with Crippen molar-refractivity contribution in [3.63, 3.8) is 0 Å². The molecular weight excluding hydrogens is 259 g/mol. The summed E-state index contributed by atoms with van der Waals surface area (Å²) in [5, 5.41) is 5.16. The molecule has 2 amide bonds. The smallest absolute Gasteiger partial charge is 0.309 e. The first-order valence-electron chi connectivity index (χ1n) is 6.99. The zero-order valence-corrected chi connectivity index (χ0v) is 11.3. The molecule has 0 bridgehead atoms. The van der Waals surface area contributed by atoms with Gasteiger partial charge in [0.05, 0.1) is 0 Å². The van der Waals surface area contributed by atoms with Crippen molar-refractivity contribution in [2.45, 2.75) is 44.7 Å². The van der Waals surface area contributed by atoms with Gasteiger partial charge in [0, 0.05) is 18.2 Å². The van der Waals surface area contributed by atoms with Crippen molar-refractivity contribution in [2.24, 2.45) is 0 Å². The molecule has 0 radical (unpaired) electrons. The van der Waals surface area contributed by atoms with Crippen LogP contribution in [-0.2, 0) is 16.1 Å². The number of halogens is 1. The van der Waals surface area contributed by atoms with E-state index >= 15 is 0 Å². The van der Waals surface area contributed by atoms with Gasteiger partial charge in [-0.1, -0.05) is 37.5 Å². The first kappa shape index (κ1) is 14.5. The minimum absolute atomic E-state index is 0.0175. The summed E-state index contributed by atoms with van der Waals surface area (Å²) in [7, 11) is 0. The zero-order valence-electron chi connectivity index (χ0n) is 11.3. The summed E-state index contributed by atoms with van der Waals surface area (Å²) in [6.07, 6.45) is 5.20. The number of amides is 2. The average molecular weight is 278 g/mol. The van der Waals surface area contributed by atoms with E-state index in [0.29, 0.717) is 5.56 Å². The molecule has 2 N–H and O–H groups in total. The van der Waals surface area contributed by atoms with Crippen LogP contribution in [0.15, 0.2) is 24.3 Å². The molecule has 1 fully saturated rings. The Hall–Kier alpha value is -1.91. The summed E-state index contributed by atoms with van der Waals surface area (Å²) in [6, 6.07) is 6.26. The molecule has 4 nitrogen and oxygen atoms in total. The molecule has 0 unspecified atom stereocenters. The van der Waals surface area contributed by atoms with Gasteiger partial charge in [-0.25, -0.2) is 4.39 Å². The number of carbonyl (C=O) groups excluding carboxylic acids is 2. The van der Waals surface area contributed by atoms with E-state index in [2.05, 4.69) is 10.6 Å². The number of nitrogens with one attached hydrogen (secondary N) is 2. The first-order valence-corrected chi connectivity index (χ1v) is 6.99. The van der Waals surface area contributed by atoms with Gasteiger partial charge < -0.3 is 10.6 Å². The van der Waals surface area contributed by atoms with E-state index in [1.54, 1.807) is 18.2 Å². The Bertz CT molecular complexity index is 485. The highest BCUT2D eigenvalue weighted by atomic mass is 19.1. The molecule has 20 heavy (non-hydrogen) atoms. The number of benzene rings is 1. The summed E-state index contributed by atoms with van der Waals surface area (Å²) in [6.45, 7) is 0.0175. The van der Waals surface area contributed by atoms with E-state index in [1.807, 2.05) is 0 Å². The Morgan fingerprint density at radius 3 is 2.50 bits per heavy atom. The lowest BCUT2D eigenvalue weighted by atomic mass is 9.95. The van der Waals surface area contributed by atoms with Crippen LogP contribution >= 0.6 is 0 Å². The fraction of sp³-hybridized carbons (Fsp3) is 0.467. The Morgan fingerprint density at radius 2 is 1.80 bits per heavy atom. The second-order valence-electron chi connectivity index (χ2n) is 5.08. The van der Waals surface area contributed by atoms with Crippen molar-refractivity contribution in [2.75, 3.05) is 0 Å². The summed E-state index contributed by atoms with van der Waals surface area (Å²) in [5.41, 5.74) is 0.367. The summed E-state index contributed by atoms with van der Waals surface area (Å²) in [4.78, 5) is 23.4. The largest absolute Gasteiger partial charge is 0.345 e. The molecule has 0 heterocycles. The Labute approximate surface area is 117 Å². The van der Waals surface area contributed by atoms with Crippen LogP contribution in [0.25, 0.3) is 0 Å². The topological polar surface area (TPSA) is 58.2 Å². The van der Waals surface area contributed by atoms with Crippen LogP contribution < -0.4 is 10.6 Å². The van der Waals surface area contributed by atoms with Gasteiger partial charge in [-0.15, -0.1) is 0 Å². The normalized spacial score (nSPS) is 15.7. The number of carbonyl (C=O) groups is 2. The fourth-order valence-corrected chi connectivity index (χ4v) is 2.40. The lowest BCUT2D eigenvalue weighted by Crippen LogP contribution is -2.45. The third-order valence-electron chi connectivity index (χ3n) is 3.54. The highest BCUT2D eigenvalue weighted by Gasteiger charge is 2.20. The van der Waals surface area contributed by atoms with Crippen LogP contribution in [0.1, 0.15) is 37.7 Å². The van der Waals surface area contributed by atoms with E-state index in [-0.39, 0.29) is 18.4 Å². The highest BCUT2D eigenvalue weighted by Crippen LogP contribution is 2.17. The summed E-state index contributed by atoms with van der Waals surface area (Å²) in [5.74, 6) is -1.73. The van der Waals surface area contributed by atoms with Crippen LogP contribution in [0.4, 0.5) is 4.39 Å². The van der Waals surface area contributed by atoms with Gasteiger partial charge in [0.2, 0.25) is 0 Å². The molecule has 0 spiro atoms. The van der Waals surface area contributed by atoms with E-state index in [9.17, 15) is 14.0 Å². The van der Waals surface area contributed by atoms with Crippen LogP contribution in [-0.4, -0.2) is 17.9 Å². The molecule has 0 atom stereocenters. The molecule has 1 aromatic rings. The van der Waals surface area contributed by atoms with Gasteiger partial charge in [-0.3, -0.25) is 9.59 Å². The molecule has 1 aliphatic rings. The second-order valence-corrected chi connectivity index (χ2v) is 5.08. The molecule has 0 saturated heterocycles. The van der Waals surface area contributed by atoms with Crippen molar-refractivity contribution in [1.82, 2.24) is 10.6 Å². The van der Waals surface area contributed by atoms with E-state index < -0.39 is 11.8 Å². The van der Waals surface area contributed by atoms with Crippen molar-refractivity contribution < 1.29 is 14.0 Å². The molecule has 108 valence electrons. The lowest BCUT2D eigenvalue weighted by Gasteiger charge is -2.22. The average Bonchev–Trinajstić information content (AvgIpc) is 2.47. The standard InChI is InChI=1S/C15H19FN2O2/c16-13-9-5-4-6-11(13)10-17-14(19)15(20)18-12-7-2-1-3-8-12/h4-6,9,12H,1-3,7-8,10H2,(H,17,19)(H,18,20). The first-order chi connectivity index (χ1) is 9.66. The van der Waals surface area contributed by atoms with Crippen LogP contribution in [0.3, 0.4) is 0 Å². The maximum absolute atomic E-state index is 13.4. The minimum atomic E-state index is -0.709. The van der Waals surface area contributed by atoms with Crippen molar-refractivity contribution in [1.29, 1.82) is 0 Å². The summed E-state index contributed by atoms with van der Waals surface area (Å²) < 4.78 is 13.4. The Kier molecular flexibility index (Phi) is 5.09. The molecule has 1 saturated carbocycles. The van der Waals surface area contributed by atoms with E-state index in [4.69, 9.17) is 0 Å². The quantitative estimate of drug-likeness (QED) is 0.830. The maximum Gasteiger partial charge on any atom is 0.309 e. The van der Waals surface area contributed by atoms with Gasteiger partial charge in [0.15, 0.2) is 0 Å². The van der Waals surface area contributed by atoms with Crippen molar-refractivity contribution >= 4 is 11.8 Å². The predicted molar refractivity (Wildman–Crippen MR) is 73.3 cm³/mol. The molecule has 2 rings (SSSR count). The van der Waals surface area contributed by atoms with Gasteiger partial charge in [0.25, 0.3) is 0 Å². The molecule has 0 aromatic heterocycles. The van der Waals surface area contributed by atoms with E-state index in [1.165, 1.54) is 12.5 Å². The fourth-order valence-electron chi connectivity index (χ4n) is 2.40. The van der Waals surface area contributed by atoms with Gasteiger partial charge in [-0.2, -0.15) is 0 Å². The Balaban J connectivity index is 1.79. The minimum Gasteiger partial charge on any atom is -0.345 e.